The average molecular weight is 583 g/mol. The van der Waals surface area contributed by atoms with Crippen LogP contribution in [0.3, 0.4) is 0 Å². The first-order chi connectivity index (χ1) is 19.9. The molecule has 0 radical (unpaired) electrons. The third kappa shape index (κ3) is 12.5. The lowest BCUT2D eigenvalue weighted by atomic mass is 9.80. The van der Waals surface area contributed by atoms with Gasteiger partial charge in [-0.15, -0.1) is 0 Å². The van der Waals surface area contributed by atoms with Gasteiger partial charge in [-0.2, -0.15) is 0 Å². The van der Waals surface area contributed by atoms with E-state index >= 15 is 0 Å². The summed E-state index contributed by atoms with van der Waals surface area (Å²) in [5, 5.41) is 0. The molecule has 2 heterocycles. The Morgan fingerprint density at radius 3 is 1.67 bits per heavy atom. The summed E-state index contributed by atoms with van der Waals surface area (Å²) in [7, 11) is 0. The molecule has 2 fully saturated rings. The average Bonchev–Trinajstić information content (AvgIpc) is 2.95. The topological polar surface area (TPSA) is 71.1 Å². The fraction of sp³-hybridized carbons (Fsp3) is 0.611. The zero-order valence-corrected chi connectivity index (χ0v) is 27.2. The number of hydrogen-bond acceptors (Lipinski definition) is 6. The van der Waals surface area contributed by atoms with Crippen LogP contribution in [0.2, 0.25) is 0 Å². The fourth-order valence-corrected chi connectivity index (χ4v) is 4.93. The molecule has 0 amide bonds. The number of carbonyl (C=O) groups excluding carboxylic acids is 2. The van der Waals surface area contributed by atoms with Gasteiger partial charge in [0, 0.05) is 10.8 Å². The van der Waals surface area contributed by atoms with Gasteiger partial charge in [-0.05, 0) is 58.6 Å². The highest BCUT2D eigenvalue weighted by atomic mass is 16.6. The Labute approximate surface area is 254 Å². The summed E-state index contributed by atoms with van der Waals surface area (Å²) in [6, 6.07) is 0. The summed E-state index contributed by atoms with van der Waals surface area (Å²) in [4.78, 5) is 25.7. The van der Waals surface area contributed by atoms with E-state index in [4.69, 9.17) is 18.9 Å². The predicted octanol–water partition coefficient (Wildman–Crippen LogP) is 7.46. The van der Waals surface area contributed by atoms with Crippen molar-refractivity contribution in [3.63, 3.8) is 0 Å². The molecule has 2 aliphatic heterocycles. The van der Waals surface area contributed by atoms with Gasteiger partial charge in [0.1, 0.15) is 0 Å². The van der Waals surface area contributed by atoms with E-state index in [1.807, 2.05) is 97.1 Å². The monoisotopic (exact) mass is 582 g/mol. The SMILES string of the molecule is CCC1OCCOC1CC(C)(C)C(=O)C=CC(C)=CC=CC=CC=C(C)C=CC(=O)C(C)(C)CCC1OCCOC1C. The van der Waals surface area contributed by atoms with Crippen LogP contribution in [0.15, 0.2) is 71.9 Å². The fourth-order valence-electron chi connectivity index (χ4n) is 4.93. The van der Waals surface area contributed by atoms with E-state index in [2.05, 4.69) is 6.92 Å². The zero-order chi connectivity index (χ0) is 31.2. The lowest BCUT2D eigenvalue weighted by Gasteiger charge is -2.35. The summed E-state index contributed by atoms with van der Waals surface area (Å²) in [5.41, 5.74) is 1.00. The number of hydrogen-bond donors (Lipinski definition) is 0. The molecule has 234 valence electrons. The third-order valence-corrected chi connectivity index (χ3v) is 8.03. The largest absolute Gasteiger partial charge is 0.373 e. The van der Waals surface area contributed by atoms with Crippen molar-refractivity contribution in [3.05, 3.63) is 71.9 Å². The third-order valence-electron chi connectivity index (χ3n) is 8.03. The van der Waals surface area contributed by atoms with Gasteiger partial charge < -0.3 is 18.9 Å². The predicted molar refractivity (Wildman–Crippen MR) is 170 cm³/mol. The Bertz CT molecular complexity index is 1050. The van der Waals surface area contributed by atoms with Gasteiger partial charge in [0.05, 0.1) is 50.8 Å². The van der Waals surface area contributed by atoms with Crippen LogP contribution in [-0.4, -0.2) is 62.4 Å². The molecule has 0 aromatic rings. The van der Waals surface area contributed by atoms with Gasteiger partial charge in [-0.25, -0.2) is 0 Å². The first-order valence-corrected chi connectivity index (χ1v) is 15.5. The maximum atomic E-state index is 12.9. The second-order valence-electron chi connectivity index (χ2n) is 12.7. The van der Waals surface area contributed by atoms with Crippen molar-refractivity contribution in [2.24, 2.45) is 10.8 Å². The number of allylic oxidation sites excluding steroid dienone is 12. The highest BCUT2D eigenvalue weighted by Crippen LogP contribution is 2.30. The number of carbonyl (C=O) groups is 2. The minimum absolute atomic E-state index is 0.0469. The molecule has 6 heteroatoms. The van der Waals surface area contributed by atoms with E-state index in [0.29, 0.717) is 32.8 Å². The first kappa shape index (κ1) is 35.8. The molecule has 4 unspecified atom stereocenters. The molecule has 6 nitrogen and oxygen atoms in total. The van der Waals surface area contributed by atoms with E-state index < -0.39 is 10.8 Å². The first-order valence-electron chi connectivity index (χ1n) is 15.5. The van der Waals surface area contributed by atoms with Crippen molar-refractivity contribution >= 4 is 11.6 Å². The van der Waals surface area contributed by atoms with Gasteiger partial charge in [-0.1, -0.05) is 94.4 Å². The molecule has 0 aromatic heterocycles. The number of ketones is 2. The molecule has 0 saturated carbocycles. The van der Waals surface area contributed by atoms with Crippen LogP contribution in [0.25, 0.3) is 0 Å². The highest BCUT2D eigenvalue weighted by Gasteiger charge is 2.35. The minimum atomic E-state index is -0.523. The molecule has 0 aromatic carbocycles. The molecule has 0 N–H and O–H groups in total. The van der Waals surface area contributed by atoms with E-state index in [9.17, 15) is 9.59 Å². The second kappa shape index (κ2) is 17.7. The van der Waals surface area contributed by atoms with Gasteiger partial charge in [-0.3, -0.25) is 9.59 Å². The van der Waals surface area contributed by atoms with Crippen LogP contribution in [-0.2, 0) is 28.5 Å². The van der Waals surface area contributed by atoms with Gasteiger partial charge in [0.25, 0.3) is 0 Å². The normalized spacial score (nSPS) is 25.3. The van der Waals surface area contributed by atoms with Crippen LogP contribution in [0.4, 0.5) is 0 Å². The van der Waals surface area contributed by atoms with E-state index in [1.54, 1.807) is 12.2 Å². The molecule has 42 heavy (non-hydrogen) atoms. The lowest BCUT2D eigenvalue weighted by Crippen LogP contribution is -2.42. The molecule has 0 spiro atoms. The Morgan fingerprint density at radius 1 is 0.667 bits per heavy atom. The maximum Gasteiger partial charge on any atom is 0.161 e. The summed E-state index contributed by atoms with van der Waals surface area (Å²) in [6.07, 6.45) is 22.0. The highest BCUT2D eigenvalue weighted by molar-refractivity contribution is 5.95. The van der Waals surface area contributed by atoms with Gasteiger partial charge in [0.15, 0.2) is 11.6 Å². The van der Waals surface area contributed by atoms with Crippen molar-refractivity contribution in [2.45, 2.75) is 105 Å². The summed E-state index contributed by atoms with van der Waals surface area (Å²) < 4.78 is 23.2. The van der Waals surface area contributed by atoms with Crippen molar-refractivity contribution in [3.8, 4) is 0 Å². The molecule has 2 aliphatic rings. The Morgan fingerprint density at radius 2 is 1.14 bits per heavy atom. The Balaban J connectivity index is 1.80. The summed E-state index contributed by atoms with van der Waals surface area (Å²) in [6.45, 7) is 18.4. The summed E-state index contributed by atoms with van der Waals surface area (Å²) in [5.74, 6) is 0.196. The molecule has 2 saturated heterocycles. The summed E-state index contributed by atoms with van der Waals surface area (Å²) >= 11 is 0. The van der Waals surface area contributed by atoms with E-state index in [1.165, 1.54) is 0 Å². The van der Waals surface area contributed by atoms with Crippen molar-refractivity contribution in [1.82, 2.24) is 0 Å². The number of ether oxygens (including phenoxy) is 4. The van der Waals surface area contributed by atoms with E-state index in [0.717, 1.165) is 30.4 Å². The minimum Gasteiger partial charge on any atom is -0.373 e. The molecule has 0 bridgehead atoms. The second-order valence-corrected chi connectivity index (χ2v) is 12.7. The van der Waals surface area contributed by atoms with Crippen LogP contribution in [0, 0.1) is 10.8 Å². The van der Waals surface area contributed by atoms with Crippen molar-refractivity contribution in [1.29, 1.82) is 0 Å². The van der Waals surface area contributed by atoms with Crippen molar-refractivity contribution < 1.29 is 28.5 Å². The van der Waals surface area contributed by atoms with Crippen LogP contribution >= 0.6 is 0 Å². The molecular formula is C36H54O6. The molecule has 0 aliphatic carbocycles. The van der Waals surface area contributed by atoms with Crippen LogP contribution in [0.5, 0.6) is 0 Å². The quantitative estimate of drug-likeness (QED) is 0.147. The lowest BCUT2D eigenvalue weighted by molar-refractivity contribution is -0.155. The Kier molecular flexibility index (Phi) is 15.1. The number of rotatable bonds is 15. The van der Waals surface area contributed by atoms with Gasteiger partial charge in [0.2, 0.25) is 0 Å². The zero-order valence-electron chi connectivity index (χ0n) is 27.2. The molecule has 2 rings (SSSR count). The van der Waals surface area contributed by atoms with Crippen LogP contribution < -0.4 is 0 Å². The van der Waals surface area contributed by atoms with E-state index in [-0.39, 0.29) is 36.0 Å². The molecule has 4 atom stereocenters. The molecular weight excluding hydrogens is 528 g/mol. The standard InChI is InChI=1S/C36H54O6/c1-9-30-32(42-25-24-40-30)26-36(7,8)34(38)19-17-28(3)15-13-11-10-12-14-27(2)16-18-33(37)35(5,6)21-20-31-29(4)39-22-23-41-31/h10-19,29-32H,9,20-26H2,1-8H3. The van der Waals surface area contributed by atoms with Gasteiger partial charge >= 0.3 is 0 Å². The maximum absolute atomic E-state index is 12.9. The van der Waals surface area contributed by atoms with Crippen LogP contribution in [0.1, 0.15) is 81.1 Å². The van der Waals surface area contributed by atoms with Crippen molar-refractivity contribution in [2.75, 3.05) is 26.4 Å². The smallest absolute Gasteiger partial charge is 0.161 e. The Hall–Kier alpha value is -2.38.